The van der Waals surface area contributed by atoms with Gasteiger partial charge in [0.2, 0.25) is 5.91 Å². The lowest BCUT2D eigenvalue weighted by atomic mass is 10.1. The van der Waals surface area contributed by atoms with Crippen LogP contribution in [-0.4, -0.2) is 46.1 Å². The highest BCUT2D eigenvalue weighted by molar-refractivity contribution is 7.99. The Morgan fingerprint density at radius 1 is 1.36 bits per heavy atom. The molecule has 22 heavy (non-hydrogen) atoms. The van der Waals surface area contributed by atoms with Gasteiger partial charge in [-0.1, -0.05) is 42.5 Å². The summed E-state index contributed by atoms with van der Waals surface area (Å²) in [5.41, 5.74) is 1.12. The highest BCUT2D eigenvalue weighted by Gasteiger charge is 2.35. The molecule has 3 rings (SSSR count). The van der Waals surface area contributed by atoms with Gasteiger partial charge in [0.1, 0.15) is 6.04 Å². The Balaban J connectivity index is 1.67. The topological polar surface area (TPSA) is 32.8 Å². The quantitative estimate of drug-likeness (QED) is 0.799. The van der Waals surface area contributed by atoms with E-state index < -0.39 is 0 Å². The number of benzene rings is 1. The first kappa shape index (κ1) is 15.6. The molecular formula is C17H22N2O2S. The largest absolute Gasteiger partial charge is 0.331 e. The van der Waals surface area contributed by atoms with Crippen LogP contribution in [0.5, 0.6) is 0 Å². The molecule has 0 aliphatic carbocycles. The molecule has 2 heterocycles. The summed E-state index contributed by atoms with van der Waals surface area (Å²) in [5.74, 6) is 2.03. The summed E-state index contributed by atoms with van der Waals surface area (Å²) in [7, 11) is 0. The van der Waals surface area contributed by atoms with Crippen LogP contribution in [0.25, 0.3) is 0 Å². The van der Waals surface area contributed by atoms with E-state index in [-0.39, 0.29) is 18.0 Å². The van der Waals surface area contributed by atoms with Gasteiger partial charge in [-0.05, 0) is 18.9 Å². The smallest absolute Gasteiger partial charge is 0.243 e. The molecule has 1 aromatic carbocycles. The number of amides is 1. The molecular weight excluding hydrogens is 296 g/mol. The van der Waals surface area contributed by atoms with Crippen LogP contribution in [0.4, 0.5) is 0 Å². The van der Waals surface area contributed by atoms with Crippen molar-refractivity contribution >= 4 is 17.7 Å². The molecule has 2 atom stereocenters. The van der Waals surface area contributed by atoms with Crippen LogP contribution in [0.2, 0.25) is 0 Å². The molecule has 1 saturated heterocycles. The zero-order chi connectivity index (χ0) is 15.4. The Morgan fingerprint density at radius 3 is 2.91 bits per heavy atom. The first-order chi connectivity index (χ1) is 10.8. The van der Waals surface area contributed by atoms with Gasteiger partial charge in [-0.2, -0.15) is 5.06 Å². The lowest BCUT2D eigenvalue weighted by Gasteiger charge is -2.37. The van der Waals surface area contributed by atoms with E-state index in [1.807, 2.05) is 52.1 Å². The standard InChI is InChI=1S/C17H22N2O2S/c1-14-6-5-9-16(17(20)18-10-11-22-13-18)19(14)21-12-15-7-3-2-4-8-15/h2-8,14,16H,9-13H2,1H3. The van der Waals surface area contributed by atoms with Crippen molar-refractivity contribution < 1.29 is 9.63 Å². The van der Waals surface area contributed by atoms with Crippen LogP contribution < -0.4 is 0 Å². The molecule has 0 saturated carbocycles. The number of thioether (sulfide) groups is 1. The molecule has 0 bridgehead atoms. The van der Waals surface area contributed by atoms with Crippen molar-refractivity contribution in [3.05, 3.63) is 48.0 Å². The summed E-state index contributed by atoms with van der Waals surface area (Å²) in [4.78, 5) is 20.7. The minimum absolute atomic E-state index is 0.113. The average molecular weight is 318 g/mol. The first-order valence-electron chi connectivity index (χ1n) is 7.74. The molecule has 1 amide bonds. The number of rotatable bonds is 4. The number of nitrogens with zero attached hydrogens (tertiary/aromatic N) is 2. The number of hydrogen-bond acceptors (Lipinski definition) is 4. The van der Waals surface area contributed by atoms with Crippen molar-refractivity contribution in [2.45, 2.75) is 32.0 Å². The number of carbonyl (C=O) groups is 1. The van der Waals surface area contributed by atoms with Crippen molar-refractivity contribution in [2.75, 3.05) is 18.2 Å². The molecule has 0 spiro atoms. The molecule has 2 unspecified atom stereocenters. The Bertz CT molecular complexity index is 529. The van der Waals surface area contributed by atoms with E-state index in [2.05, 4.69) is 19.1 Å². The van der Waals surface area contributed by atoms with Crippen LogP contribution >= 0.6 is 11.8 Å². The molecule has 118 valence electrons. The molecule has 1 aromatic rings. The highest BCUT2D eigenvalue weighted by atomic mass is 32.2. The van der Waals surface area contributed by atoms with E-state index in [0.29, 0.717) is 6.61 Å². The molecule has 0 radical (unpaired) electrons. The van der Waals surface area contributed by atoms with Gasteiger partial charge in [0.05, 0.1) is 18.5 Å². The van der Waals surface area contributed by atoms with Gasteiger partial charge in [0, 0.05) is 12.3 Å². The Hall–Kier alpha value is -1.30. The molecule has 2 aliphatic rings. The summed E-state index contributed by atoms with van der Waals surface area (Å²) in [6.45, 7) is 3.42. The van der Waals surface area contributed by atoms with Crippen LogP contribution in [0.15, 0.2) is 42.5 Å². The fourth-order valence-corrected chi connectivity index (χ4v) is 3.77. The van der Waals surface area contributed by atoms with Gasteiger partial charge in [-0.3, -0.25) is 9.63 Å². The molecule has 0 N–H and O–H groups in total. The minimum Gasteiger partial charge on any atom is -0.331 e. The van der Waals surface area contributed by atoms with Crippen molar-refractivity contribution in [3.8, 4) is 0 Å². The predicted molar refractivity (Wildman–Crippen MR) is 89.1 cm³/mol. The van der Waals surface area contributed by atoms with E-state index in [9.17, 15) is 4.79 Å². The zero-order valence-corrected chi connectivity index (χ0v) is 13.7. The van der Waals surface area contributed by atoms with Gasteiger partial charge in [0.25, 0.3) is 0 Å². The van der Waals surface area contributed by atoms with Gasteiger partial charge >= 0.3 is 0 Å². The molecule has 5 heteroatoms. The summed E-state index contributed by atoms with van der Waals surface area (Å²) < 4.78 is 0. The number of carbonyl (C=O) groups excluding carboxylic acids is 1. The molecule has 1 fully saturated rings. The summed E-state index contributed by atoms with van der Waals surface area (Å²) in [6.07, 6.45) is 4.92. The van der Waals surface area contributed by atoms with E-state index in [4.69, 9.17) is 4.84 Å². The lowest BCUT2D eigenvalue weighted by Crippen LogP contribution is -2.51. The van der Waals surface area contributed by atoms with Gasteiger partial charge in [0.15, 0.2) is 0 Å². The maximum absolute atomic E-state index is 12.7. The van der Waals surface area contributed by atoms with Crippen molar-refractivity contribution in [1.29, 1.82) is 0 Å². The fourth-order valence-electron chi connectivity index (χ4n) is 2.82. The molecule has 4 nitrogen and oxygen atoms in total. The van der Waals surface area contributed by atoms with Crippen LogP contribution in [0, 0.1) is 0 Å². The minimum atomic E-state index is -0.206. The Morgan fingerprint density at radius 2 is 2.18 bits per heavy atom. The van der Waals surface area contributed by atoms with E-state index in [1.54, 1.807) is 0 Å². The zero-order valence-electron chi connectivity index (χ0n) is 12.9. The van der Waals surface area contributed by atoms with E-state index in [1.165, 1.54) is 0 Å². The van der Waals surface area contributed by atoms with Crippen LogP contribution in [0.3, 0.4) is 0 Å². The predicted octanol–water partition coefficient (Wildman–Crippen LogP) is 2.67. The van der Waals surface area contributed by atoms with Crippen molar-refractivity contribution in [3.63, 3.8) is 0 Å². The third kappa shape index (κ3) is 3.54. The Labute approximate surface area is 136 Å². The third-order valence-electron chi connectivity index (χ3n) is 4.06. The molecule has 0 aromatic heterocycles. The normalized spacial score (nSPS) is 25.6. The van der Waals surface area contributed by atoms with Crippen LogP contribution in [-0.2, 0) is 16.2 Å². The van der Waals surface area contributed by atoms with Crippen molar-refractivity contribution in [2.24, 2.45) is 0 Å². The number of hydrogen-bond donors (Lipinski definition) is 0. The SMILES string of the molecule is CC1C=CCC(C(=O)N2CCSC2)N1OCc1ccccc1. The average Bonchev–Trinajstić information content (AvgIpc) is 3.08. The Kier molecular flexibility index (Phi) is 5.18. The fraction of sp³-hybridized carbons (Fsp3) is 0.471. The second-order valence-electron chi connectivity index (χ2n) is 5.68. The molecule has 2 aliphatic heterocycles. The summed E-state index contributed by atoms with van der Waals surface area (Å²) in [5, 5.41) is 1.87. The second kappa shape index (κ2) is 7.31. The van der Waals surface area contributed by atoms with E-state index >= 15 is 0 Å². The maximum atomic E-state index is 12.7. The monoisotopic (exact) mass is 318 g/mol. The summed E-state index contributed by atoms with van der Waals surface area (Å²) >= 11 is 1.81. The lowest BCUT2D eigenvalue weighted by molar-refractivity contribution is -0.215. The van der Waals surface area contributed by atoms with Gasteiger partial charge in [-0.25, -0.2) is 0 Å². The summed E-state index contributed by atoms with van der Waals surface area (Å²) in [6, 6.07) is 9.98. The van der Waals surface area contributed by atoms with Gasteiger partial charge in [-0.15, -0.1) is 11.8 Å². The van der Waals surface area contributed by atoms with E-state index in [0.717, 1.165) is 30.2 Å². The highest BCUT2D eigenvalue weighted by Crippen LogP contribution is 2.23. The maximum Gasteiger partial charge on any atom is 0.243 e. The first-order valence-corrected chi connectivity index (χ1v) is 8.89. The van der Waals surface area contributed by atoms with Gasteiger partial charge < -0.3 is 4.90 Å². The van der Waals surface area contributed by atoms with Crippen molar-refractivity contribution in [1.82, 2.24) is 9.96 Å². The van der Waals surface area contributed by atoms with Crippen LogP contribution in [0.1, 0.15) is 18.9 Å². The number of hydroxylamine groups is 2. The second-order valence-corrected chi connectivity index (χ2v) is 6.75. The third-order valence-corrected chi connectivity index (χ3v) is 5.02.